The topological polar surface area (TPSA) is 62.2 Å². The zero-order chi connectivity index (χ0) is 12.3. The molecule has 0 spiro atoms. The summed E-state index contributed by atoms with van der Waals surface area (Å²) in [7, 11) is 0. The quantitative estimate of drug-likeness (QED) is 0.847. The van der Waals surface area contributed by atoms with Crippen LogP contribution in [-0.4, -0.2) is 16.1 Å². The molecule has 4 heteroatoms. The van der Waals surface area contributed by atoms with Gasteiger partial charge >= 0.3 is 5.97 Å². The molecule has 0 atom stereocenters. The third-order valence-electron chi connectivity index (χ3n) is 2.30. The average Bonchev–Trinajstić information content (AvgIpc) is 2.29. The highest BCUT2D eigenvalue weighted by molar-refractivity contribution is 5.88. The maximum absolute atomic E-state index is 10.8. The van der Waals surface area contributed by atoms with Gasteiger partial charge in [0.15, 0.2) is 0 Å². The Bertz CT molecular complexity index is 553. The Morgan fingerprint density at radius 2 is 2.12 bits per heavy atom. The lowest BCUT2D eigenvalue weighted by molar-refractivity contribution is 0.0697. The van der Waals surface area contributed by atoms with E-state index in [1.807, 2.05) is 31.2 Å². The summed E-state index contributed by atoms with van der Waals surface area (Å²) in [4.78, 5) is 14.9. The number of hydrogen-bond donors (Lipinski definition) is 2. The molecule has 0 saturated heterocycles. The predicted octanol–water partition coefficient (Wildman–Crippen LogP) is 2.83. The molecule has 1 aromatic heterocycles. The molecule has 4 nitrogen and oxygen atoms in total. The largest absolute Gasteiger partial charge is 0.478 e. The Balaban J connectivity index is 2.24. The van der Waals surface area contributed by atoms with Crippen LogP contribution in [0.15, 0.2) is 42.6 Å². The Labute approximate surface area is 98.9 Å². The lowest BCUT2D eigenvalue weighted by Gasteiger charge is -2.06. The van der Waals surface area contributed by atoms with Gasteiger partial charge in [-0.05, 0) is 36.8 Å². The van der Waals surface area contributed by atoms with Crippen LogP contribution in [0.4, 0.5) is 11.5 Å². The van der Waals surface area contributed by atoms with Gasteiger partial charge in [0.25, 0.3) is 0 Å². The van der Waals surface area contributed by atoms with Crippen molar-refractivity contribution in [2.75, 3.05) is 5.32 Å². The Hall–Kier alpha value is -2.36. The highest BCUT2D eigenvalue weighted by atomic mass is 16.4. The standard InChI is InChI=1S/C13H12N2O2/c1-9-3-2-4-11(7-9)15-12-8-10(13(16)17)5-6-14-12/h2-8H,1H3,(H,14,15)(H,16,17). The highest BCUT2D eigenvalue weighted by Gasteiger charge is 2.04. The molecule has 17 heavy (non-hydrogen) atoms. The molecule has 0 aliphatic carbocycles. The van der Waals surface area contributed by atoms with E-state index >= 15 is 0 Å². The van der Waals surface area contributed by atoms with Crippen molar-refractivity contribution in [2.45, 2.75) is 6.92 Å². The highest BCUT2D eigenvalue weighted by Crippen LogP contribution is 2.16. The SMILES string of the molecule is Cc1cccc(Nc2cc(C(=O)O)ccn2)c1. The van der Waals surface area contributed by atoms with Crippen LogP contribution in [0, 0.1) is 6.92 Å². The normalized spacial score (nSPS) is 9.94. The Kier molecular flexibility index (Phi) is 3.05. The summed E-state index contributed by atoms with van der Waals surface area (Å²) in [6, 6.07) is 10.8. The number of aromatic nitrogens is 1. The molecule has 2 rings (SSSR count). The van der Waals surface area contributed by atoms with Gasteiger partial charge in [-0.25, -0.2) is 9.78 Å². The molecule has 0 saturated carbocycles. The molecule has 0 unspecified atom stereocenters. The van der Waals surface area contributed by atoms with Crippen molar-refractivity contribution in [1.29, 1.82) is 0 Å². The molecule has 0 bridgehead atoms. The van der Waals surface area contributed by atoms with Crippen molar-refractivity contribution in [3.8, 4) is 0 Å². The monoisotopic (exact) mass is 228 g/mol. The first-order valence-corrected chi connectivity index (χ1v) is 5.18. The van der Waals surface area contributed by atoms with Crippen LogP contribution in [-0.2, 0) is 0 Å². The van der Waals surface area contributed by atoms with Crippen LogP contribution >= 0.6 is 0 Å². The second kappa shape index (κ2) is 4.65. The fourth-order valence-corrected chi connectivity index (χ4v) is 1.50. The van der Waals surface area contributed by atoms with Gasteiger partial charge in [0.1, 0.15) is 5.82 Å². The number of carboxylic acids is 1. The lowest BCUT2D eigenvalue weighted by atomic mass is 10.2. The molecule has 0 radical (unpaired) electrons. The van der Waals surface area contributed by atoms with Gasteiger partial charge in [0.05, 0.1) is 5.56 Å². The van der Waals surface area contributed by atoms with E-state index in [1.165, 1.54) is 18.3 Å². The molecule has 0 aliphatic rings. The number of hydrogen-bond acceptors (Lipinski definition) is 3. The smallest absolute Gasteiger partial charge is 0.335 e. The minimum absolute atomic E-state index is 0.218. The summed E-state index contributed by atoms with van der Waals surface area (Å²) >= 11 is 0. The van der Waals surface area contributed by atoms with Gasteiger partial charge in [-0.15, -0.1) is 0 Å². The van der Waals surface area contributed by atoms with Crippen molar-refractivity contribution in [1.82, 2.24) is 4.98 Å². The van der Waals surface area contributed by atoms with Crippen molar-refractivity contribution in [3.05, 3.63) is 53.7 Å². The van der Waals surface area contributed by atoms with Gasteiger partial charge in [-0.1, -0.05) is 12.1 Å². The van der Waals surface area contributed by atoms with Gasteiger partial charge in [0, 0.05) is 11.9 Å². The fraction of sp³-hybridized carbons (Fsp3) is 0.0769. The molecule has 0 fully saturated rings. The summed E-state index contributed by atoms with van der Waals surface area (Å²) in [5.74, 6) is -0.435. The van der Waals surface area contributed by atoms with Crippen LogP contribution in [0.5, 0.6) is 0 Å². The van der Waals surface area contributed by atoms with E-state index in [2.05, 4.69) is 10.3 Å². The number of carboxylic acid groups (broad SMARTS) is 1. The molecular weight excluding hydrogens is 216 g/mol. The Morgan fingerprint density at radius 1 is 1.29 bits per heavy atom. The fourth-order valence-electron chi connectivity index (χ4n) is 1.50. The number of pyridine rings is 1. The molecule has 1 aromatic carbocycles. The van der Waals surface area contributed by atoms with E-state index < -0.39 is 5.97 Å². The molecule has 86 valence electrons. The van der Waals surface area contributed by atoms with Gasteiger partial charge in [0.2, 0.25) is 0 Å². The van der Waals surface area contributed by atoms with Crippen molar-refractivity contribution in [2.24, 2.45) is 0 Å². The van der Waals surface area contributed by atoms with Crippen molar-refractivity contribution in [3.63, 3.8) is 0 Å². The van der Waals surface area contributed by atoms with Gasteiger partial charge < -0.3 is 10.4 Å². The van der Waals surface area contributed by atoms with Crippen LogP contribution in [0.3, 0.4) is 0 Å². The molecule has 0 aliphatic heterocycles. The first-order chi connectivity index (χ1) is 8.15. The first-order valence-electron chi connectivity index (χ1n) is 5.18. The van der Waals surface area contributed by atoms with E-state index in [1.54, 1.807) is 0 Å². The zero-order valence-corrected chi connectivity index (χ0v) is 9.34. The number of aryl methyl sites for hydroxylation is 1. The Morgan fingerprint density at radius 3 is 2.82 bits per heavy atom. The van der Waals surface area contributed by atoms with E-state index in [0.29, 0.717) is 5.82 Å². The number of benzene rings is 1. The van der Waals surface area contributed by atoms with Crippen molar-refractivity contribution < 1.29 is 9.90 Å². The maximum atomic E-state index is 10.8. The van der Waals surface area contributed by atoms with Crippen LogP contribution in [0.25, 0.3) is 0 Å². The number of rotatable bonds is 3. The van der Waals surface area contributed by atoms with Crippen LogP contribution in [0.2, 0.25) is 0 Å². The molecule has 1 heterocycles. The first kappa shape index (κ1) is 11.1. The number of nitrogens with zero attached hydrogens (tertiary/aromatic N) is 1. The number of anilines is 2. The van der Waals surface area contributed by atoms with Crippen LogP contribution < -0.4 is 5.32 Å². The summed E-state index contributed by atoms with van der Waals surface area (Å²) in [6.45, 7) is 1.99. The molecule has 0 amide bonds. The third-order valence-corrected chi connectivity index (χ3v) is 2.30. The number of carbonyl (C=O) groups is 1. The van der Waals surface area contributed by atoms with Gasteiger partial charge in [-0.2, -0.15) is 0 Å². The van der Waals surface area contributed by atoms with E-state index in [9.17, 15) is 4.79 Å². The number of nitrogens with one attached hydrogen (secondary N) is 1. The summed E-state index contributed by atoms with van der Waals surface area (Å²) in [6.07, 6.45) is 1.47. The summed E-state index contributed by atoms with van der Waals surface area (Å²) in [5, 5.41) is 11.9. The van der Waals surface area contributed by atoms with Crippen molar-refractivity contribution >= 4 is 17.5 Å². The number of aromatic carboxylic acids is 1. The summed E-state index contributed by atoms with van der Waals surface area (Å²) < 4.78 is 0. The molecule has 2 N–H and O–H groups in total. The zero-order valence-electron chi connectivity index (χ0n) is 9.34. The van der Waals surface area contributed by atoms with Gasteiger partial charge in [-0.3, -0.25) is 0 Å². The second-order valence-electron chi connectivity index (χ2n) is 3.73. The minimum Gasteiger partial charge on any atom is -0.478 e. The molecule has 2 aromatic rings. The van der Waals surface area contributed by atoms with Crippen LogP contribution in [0.1, 0.15) is 15.9 Å². The second-order valence-corrected chi connectivity index (χ2v) is 3.73. The minimum atomic E-state index is -0.959. The van der Waals surface area contributed by atoms with E-state index in [-0.39, 0.29) is 5.56 Å². The van der Waals surface area contributed by atoms with E-state index in [0.717, 1.165) is 11.3 Å². The average molecular weight is 228 g/mol. The summed E-state index contributed by atoms with van der Waals surface area (Å²) in [5.41, 5.74) is 2.24. The predicted molar refractivity (Wildman–Crippen MR) is 65.7 cm³/mol. The lowest BCUT2D eigenvalue weighted by Crippen LogP contribution is -1.99. The third kappa shape index (κ3) is 2.81. The maximum Gasteiger partial charge on any atom is 0.335 e. The molecular formula is C13H12N2O2. The van der Waals surface area contributed by atoms with E-state index in [4.69, 9.17) is 5.11 Å².